The first-order chi connectivity index (χ1) is 20.6. The molecule has 1 spiro atoms. The second kappa shape index (κ2) is 11.0. The van der Waals surface area contributed by atoms with Crippen LogP contribution in [0.3, 0.4) is 0 Å². The molecule has 1 unspecified atom stereocenters. The lowest BCUT2D eigenvalue weighted by atomic mass is 9.74. The molecule has 4 heterocycles. The number of carbonyl (C=O) groups excluding carboxylic acids is 3. The number of benzene rings is 2. The molecule has 4 aliphatic heterocycles. The smallest absolute Gasteiger partial charge is 0.251 e. The van der Waals surface area contributed by atoms with Crippen LogP contribution >= 0.6 is 11.8 Å². The molecule has 2 saturated heterocycles. The van der Waals surface area contributed by atoms with E-state index in [0.717, 1.165) is 28.9 Å². The Bertz CT molecular complexity index is 1510. The van der Waals surface area contributed by atoms with Crippen LogP contribution in [0.1, 0.15) is 38.3 Å². The van der Waals surface area contributed by atoms with Crippen molar-refractivity contribution in [1.82, 2.24) is 4.90 Å². The van der Waals surface area contributed by atoms with Crippen molar-refractivity contribution in [3.8, 4) is 0 Å². The summed E-state index contributed by atoms with van der Waals surface area (Å²) in [6, 6.07) is 14.2. The molecule has 3 amide bonds. The molecule has 2 aromatic carbocycles. The fraction of sp³-hybridized carbons (Fsp3) is 0.457. The highest BCUT2D eigenvalue weighted by Crippen LogP contribution is 2.66. The minimum Gasteiger partial charge on any atom is -0.394 e. The van der Waals surface area contributed by atoms with Gasteiger partial charge in [0.25, 0.3) is 5.91 Å². The molecule has 8 heteroatoms. The zero-order chi connectivity index (χ0) is 30.7. The highest BCUT2D eigenvalue weighted by atomic mass is 32.2. The van der Waals surface area contributed by atoms with Gasteiger partial charge in [-0.2, -0.15) is 0 Å². The molecule has 0 aliphatic carbocycles. The molecule has 2 fully saturated rings. The summed E-state index contributed by atoms with van der Waals surface area (Å²) in [7, 11) is 0. The van der Waals surface area contributed by atoms with Gasteiger partial charge in [-0.25, -0.2) is 0 Å². The van der Waals surface area contributed by atoms with E-state index in [1.54, 1.807) is 26.5 Å². The van der Waals surface area contributed by atoms with E-state index < -0.39 is 33.4 Å². The van der Waals surface area contributed by atoms with Gasteiger partial charge in [0, 0.05) is 29.2 Å². The van der Waals surface area contributed by atoms with Gasteiger partial charge < -0.3 is 19.8 Å². The van der Waals surface area contributed by atoms with Crippen molar-refractivity contribution in [2.45, 2.75) is 62.6 Å². The maximum Gasteiger partial charge on any atom is 0.251 e. The summed E-state index contributed by atoms with van der Waals surface area (Å²) in [5.41, 5.74) is 3.63. The summed E-state index contributed by atoms with van der Waals surface area (Å²) in [6.07, 6.45) is 8.89. The zero-order valence-corrected chi connectivity index (χ0v) is 26.4. The maximum atomic E-state index is 14.9. The second-order valence-corrected chi connectivity index (χ2v) is 14.5. The lowest BCUT2D eigenvalue weighted by Crippen LogP contribution is -2.58. The zero-order valence-electron chi connectivity index (χ0n) is 25.6. The Morgan fingerprint density at radius 2 is 1.63 bits per heavy atom. The van der Waals surface area contributed by atoms with Crippen LogP contribution in [0.2, 0.25) is 0 Å². The number of anilines is 2. The summed E-state index contributed by atoms with van der Waals surface area (Å²) in [6.45, 7) is 10.6. The Hall–Kier alpha value is -3.36. The third-order valence-electron chi connectivity index (χ3n) is 10.1. The van der Waals surface area contributed by atoms with Gasteiger partial charge in [0.05, 0.1) is 29.2 Å². The maximum absolute atomic E-state index is 14.9. The molecular formula is C35H41N3O4S. The largest absolute Gasteiger partial charge is 0.394 e. The summed E-state index contributed by atoms with van der Waals surface area (Å²) < 4.78 is -1.67. The van der Waals surface area contributed by atoms with Crippen molar-refractivity contribution in [2.24, 2.45) is 17.8 Å². The number of para-hydroxylation sites is 1. The lowest BCUT2D eigenvalue weighted by molar-refractivity contribution is -0.143. The van der Waals surface area contributed by atoms with Gasteiger partial charge in [-0.15, -0.1) is 11.8 Å². The monoisotopic (exact) mass is 599 g/mol. The number of hydrogen-bond donors (Lipinski definition) is 1. The van der Waals surface area contributed by atoms with E-state index in [0.29, 0.717) is 13.1 Å². The number of amides is 3. The quantitative estimate of drug-likeness (QED) is 0.478. The Morgan fingerprint density at radius 3 is 2.33 bits per heavy atom. The van der Waals surface area contributed by atoms with Gasteiger partial charge in [0.2, 0.25) is 11.8 Å². The number of thioether (sulfide) groups is 1. The number of rotatable bonds is 6. The van der Waals surface area contributed by atoms with E-state index in [9.17, 15) is 19.5 Å². The Labute approximate surface area is 258 Å². The number of aryl methyl sites for hydroxylation is 2. The molecule has 2 aromatic rings. The number of aliphatic hydroxyl groups is 1. The molecule has 0 saturated carbocycles. The predicted molar refractivity (Wildman–Crippen MR) is 172 cm³/mol. The first-order valence-corrected chi connectivity index (χ1v) is 16.1. The molecule has 1 N–H and O–H groups in total. The van der Waals surface area contributed by atoms with Crippen molar-refractivity contribution in [3.63, 3.8) is 0 Å². The fourth-order valence-electron chi connectivity index (χ4n) is 7.70. The number of carbonyl (C=O) groups is 3. The van der Waals surface area contributed by atoms with Crippen LogP contribution in [0.4, 0.5) is 11.4 Å². The summed E-state index contributed by atoms with van der Waals surface area (Å²) >= 11 is 1.58. The normalized spacial score (nSPS) is 31.4. The Morgan fingerprint density at radius 1 is 0.930 bits per heavy atom. The van der Waals surface area contributed by atoms with Crippen LogP contribution in [-0.2, 0) is 14.4 Å². The first-order valence-electron chi connectivity index (χ1n) is 15.3. The van der Waals surface area contributed by atoms with E-state index >= 15 is 0 Å². The molecule has 4 aliphatic rings. The number of hydrogen-bond acceptors (Lipinski definition) is 5. The van der Waals surface area contributed by atoms with Gasteiger partial charge in [-0.1, -0.05) is 74.9 Å². The van der Waals surface area contributed by atoms with E-state index in [-0.39, 0.29) is 30.2 Å². The van der Waals surface area contributed by atoms with E-state index in [1.165, 1.54) is 0 Å². The highest BCUT2D eigenvalue weighted by Gasteiger charge is 2.74. The predicted octanol–water partition coefficient (Wildman–Crippen LogP) is 4.90. The van der Waals surface area contributed by atoms with E-state index in [4.69, 9.17) is 0 Å². The van der Waals surface area contributed by atoms with E-state index in [2.05, 4.69) is 6.08 Å². The topological polar surface area (TPSA) is 81.2 Å². The molecule has 0 radical (unpaired) electrons. The average Bonchev–Trinajstić information content (AvgIpc) is 3.26. The highest BCUT2D eigenvalue weighted by molar-refractivity contribution is 8.02. The van der Waals surface area contributed by atoms with Crippen molar-refractivity contribution in [1.29, 1.82) is 0 Å². The van der Waals surface area contributed by atoms with Gasteiger partial charge in [0.15, 0.2) is 0 Å². The minimum atomic E-state index is -0.972. The average molecular weight is 600 g/mol. The van der Waals surface area contributed by atoms with Crippen molar-refractivity contribution in [2.75, 3.05) is 29.5 Å². The first kappa shape index (κ1) is 29.7. The standard InChI is InChI=1S/C35H41N3O4S/c1-6-23(3)27(21-39)38-30-33(42)37(26-20-22(2)14-15-24(26)4)19-11-17-35(30)29(32(38)41)28-31(40)36(25-12-8-7-9-13-25)18-10-16-34(28,5)43-35/h7-17,20,23,27-30,39H,6,18-19,21H2,1-5H3/t23-,27-,28-,29-,30?,34+,35-/m0/s1. The fourth-order valence-corrected chi connectivity index (χ4v) is 9.84. The number of fused-ring (bicyclic) bond motifs is 2. The number of likely N-dealkylation sites (tertiary alicyclic amines) is 1. The molecule has 7 atom stereocenters. The second-order valence-electron chi connectivity index (χ2n) is 12.7. The summed E-state index contributed by atoms with van der Waals surface area (Å²) in [5, 5.41) is 10.7. The molecule has 6 rings (SSSR count). The van der Waals surface area contributed by atoms with Gasteiger partial charge in [0.1, 0.15) is 6.04 Å². The number of aliphatic hydroxyl groups excluding tert-OH is 1. The summed E-state index contributed by atoms with van der Waals surface area (Å²) in [4.78, 5) is 49.7. The number of nitrogens with zero attached hydrogens (tertiary/aromatic N) is 3. The SMILES string of the molecule is CC[C@H](C)[C@H](CO)N1C(=O)[C@@H]2[C@H]3C(=O)N(c4ccccc4)CC=C[C@@]3(C)S[C@@]23C=CCN(c2cc(C)ccc2C)C(=O)C13. The third-order valence-corrected chi connectivity index (χ3v) is 11.9. The van der Waals surface area contributed by atoms with Crippen LogP contribution < -0.4 is 9.80 Å². The van der Waals surface area contributed by atoms with Crippen LogP contribution in [0.25, 0.3) is 0 Å². The van der Waals surface area contributed by atoms with Crippen molar-refractivity contribution in [3.05, 3.63) is 84.0 Å². The third kappa shape index (κ3) is 4.48. The molecule has 226 valence electrons. The van der Waals surface area contributed by atoms with Crippen LogP contribution in [0.15, 0.2) is 72.8 Å². The molecule has 7 nitrogen and oxygen atoms in total. The van der Waals surface area contributed by atoms with Gasteiger partial charge in [-0.05, 0) is 56.0 Å². The summed E-state index contributed by atoms with van der Waals surface area (Å²) in [5.74, 6) is -1.98. The van der Waals surface area contributed by atoms with Crippen LogP contribution in [0.5, 0.6) is 0 Å². The Kier molecular flexibility index (Phi) is 7.58. The molecular weight excluding hydrogens is 558 g/mol. The lowest BCUT2D eigenvalue weighted by Gasteiger charge is -2.41. The van der Waals surface area contributed by atoms with Crippen molar-refractivity contribution < 1.29 is 19.5 Å². The molecule has 0 bridgehead atoms. The molecule has 0 aromatic heterocycles. The van der Waals surface area contributed by atoms with Crippen molar-refractivity contribution >= 4 is 40.9 Å². The molecule has 43 heavy (non-hydrogen) atoms. The minimum absolute atomic E-state index is 0.0408. The Balaban J connectivity index is 1.53. The van der Waals surface area contributed by atoms with Gasteiger partial charge >= 0.3 is 0 Å². The van der Waals surface area contributed by atoms with Crippen LogP contribution in [0, 0.1) is 31.6 Å². The van der Waals surface area contributed by atoms with Gasteiger partial charge in [-0.3, -0.25) is 14.4 Å². The van der Waals surface area contributed by atoms with Crippen LogP contribution in [-0.4, -0.2) is 69.0 Å². The van der Waals surface area contributed by atoms with E-state index in [1.807, 2.05) is 101 Å².